The standard InChI is InChI=1S/C19H30N2O3/c1-19(2,3)24-13-12-23-17-11-10-15(14-20-17)18(22)21-16-8-6-4-5-7-9-16/h10-11,14,16H,4-9,12-13H2,1-3H3,(H,21,22). The zero-order valence-corrected chi connectivity index (χ0v) is 15.1. The van der Waals surface area contributed by atoms with Gasteiger partial charge in [-0.3, -0.25) is 4.79 Å². The molecule has 24 heavy (non-hydrogen) atoms. The summed E-state index contributed by atoms with van der Waals surface area (Å²) in [4.78, 5) is 16.5. The summed E-state index contributed by atoms with van der Waals surface area (Å²) in [7, 11) is 0. The molecule has 1 amide bonds. The number of nitrogens with one attached hydrogen (secondary N) is 1. The van der Waals surface area contributed by atoms with E-state index in [-0.39, 0.29) is 11.5 Å². The van der Waals surface area contributed by atoms with Gasteiger partial charge in [-0.25, -0.2) is 4.98 Å². The lowest BCUT2D eigenvalue weighted by Gasteiger charge is -2.19. The molecule has 1 aromatic heterocycles. The first-order chi connectivity index (χ1) is 11.4. The summed E-state index contributed by atoms with van der Waals surface area (Å²) < 4.78 is 11.1. The van der Waals surface area contributed by atoms with E-state index in [1.807, 2.05) is 20.8 Å². The normalized spacial score (nSPS) is 16.5. The third kappa shape index (κ3) is 6.87. The molecule has 0 radical (unpaired) electrons. The predicted molar refractivity (Wildman–Crippen MR) is 94.4 cm³/mol. The van der Waals surface area contributed by atoms with E-state index in [0.29, 0.717) is 30.7 Å². The van der Waals surface area contributed by atoms with Crippen molar-refractivity contribution < 1.29 is 14.3 Å². The van der Waals surface area contributed by atoms with Gasteiger partial charge in [-0.15, -0.1) is 0 Å². The molecule has 1 fully saturated rings. The third-order valence-corrected chi connectivity index (χ3v) is 4.06. The van der Waals surface area contributed by atoms with E-state index < -0.39 is 0 Å². The second kappa shape index (κ2) is 9.02. The highest BCUT2D eigenvalue weighted by Gasteiger charge is 2.16. The number of rotatable bonds is 6. The Balaban J connectivity index is 1.77. The molecular weight excluding hydrogens is 304 g/mol. The topological polar surface area (TPSA) is 60.5 Å². The summed E-state index contributed by atoms with van der Waals surface area (Å²) in [6.07, 6.45) is 8.69. The fourth-order valence-corrected chi connectivity index (χ4v) is 2.79. The number of hydrogen-bond acceptors (Lipinski definition) is 4. The molecule has 0 spiro atoms. The van der Waals surface area contributed by atoms with Gasteiger partial charge in [-0.1, -0.05) is 25.7 Å². The van der Waals surface area contributed by atoms with Crippen LogP contribution < -0.4 is 10.1 Å². The van der Waals surface area contributed by atoms with Gasteiger partial charge in [-0.2, -0.15) is 0 Å². The van der Waals surface area contributed by atoms with Gasteiger partial charge >= 0.3 is 0 Å². The van der Waals surface area contributed by atoms with Crippen LogP contribution in [0.2, 0.25) is 0 Å². The number of hydrogen-bond donors (Lipinski definition) is 1. The van der Waals surface area contributed by atoms with Crippen molar-refractivity contribution >= 4 is 5.91 Å². The van der Waals surface area contributed by atoms with Crippen molar-refractivity contribution in [3.8, 4) is 5.88 Å². The van der Waals surface area contributed by atoms with Crippen LogP contribution in [0.3, 0.4) is 0 Å². The molecule has 0 bridgehead atoms. The molecule has 1 aliphatic rings. The Morgan fingerprint density at radius 2 is 1.88 bits per heavy atom. The molecule has 5 nitrogen and oxygen atoms in total. The van der Waals surface area contributed by atoms with E-state index in [0.717, 1.165) is 12.8 Å². The van der Waals surface area contributed by atoms with Gasteiger partial charge < -0.3 is 14.8 Å². The van der Waals surface area contributed by atoms with E-state index in [9.17, 15) is 4.79 Å². The highest BCUT2D eigenvalue weighted by molar-refractivity contribution is 5.94. The maximum atomic E-state index is 12.3. The van der Waals surface area contributed by atoms with Crippen LogP contribution in [0, 0.1) is 0 Å². The van der Waals surface area contributed by atoms with E-state index >= 15 is 0 Å². The third-order valence-electron chi connectivity index (χ3n) is 4.06. The Morgan fingerprint density at radius 3 is 2.46 bits per heavy atom. The molecule has 0 unspecified atom stereocenters. The van der Waals surface area contributed by atoms with Gasteiger partial charge in [0.25, 0.3) is 5.91 Å². The number of pyridine rings is 1. The largest absolute Gasteiger partial charge is 0.475 e. The average molecular weight is 334 g/mol. The minimum atomic E-state index is -0.170. The highest BCUT2D eigenvalue weighted by Crippen LogP contribution is 2.18. The number of nitrogens with zero attached hydrogens (tertiary/aromatic N) is 1. The number of aromatic nitrogens is 1. The van der Waals surface area contributed by atoms with E-state index in [1.54, 1.807) is 18.3 Å². The first-order valence-corrected chi connectivity index (χ1v) is 8.98. The molecule has 0 saturated heterocycles. The summed E-state index contributed by atoms with van der Waals surface area (Å²) in [5.41, 5.74) is 0.411. The lowest BCUT2D eigenvalue weighted by molar-refractivity contribution is -0.0168. The molecule has 5 heteroatoms. The summed E-state index contributed by atoms with van der Waals surface area (Å²) in [6, 6.07) is 3.79. The van der Waals surface area contributed by atoms with Gasteiger partial charge in [0, 0.05) is 18.3 Å². The van der Waals surface area contributed by atoms with Crippen LogP contribution in [-0.2, 0) is 4.74 Å². The van der Waals surface area contributed by atoms with Crippen molar-refractivity contribution in [1.82, 2.24) is 10.3 Å². The lowest BCUT2D eigenvalue weighted by atomic mass is 10.1. The zero-order chi connectivity index (χ0) is 17.4. The second-order valence-corrected chi connectivity index (χ2v) is 7.36. The monoisotopic (exact) mass is 334 g/mol. The Hall–Kier alpha value is -1.62. The van der Waals surface area contributed by atoms with Crippen LogP contribution in [0.1, 0.15) is 69.7 Å². The van der Waals surface area contributed by atoms with Crippen molar-refractivity contribution in [3.05, 3.63) is 23.9 Å². The van der Waals surface area contributed by atoms with Crippen molar-refractivity contribution in [2.24, 2.45) is 0 Å². The van der Waals surface area contributed by atoms with Crippen LogP contribution in [0.5, 0.6) is 5.88 Å². The van der Waals surface area contributed by atoms with Crippen LogP contribution in [0.25, 0.3) is 0 Å². The molecule has 1 saturated carbocycles. The molecule has 2 rings (SSSR count). The fraction of sp³-hybridized carbons (Fsp3) is 0.684. The quantitative estimate of drug-likeness (QED) is 0.636. The van der Waals surface area contributed by atoms with Gasteiger partial charge in [0.2, 0.25) is 5.88 Å². The van der Waals surface area contributed by atoms with Crippen molar-refractivity contribution in [2.75, 3.05) is 13.2 Å². The van der Waals surface area contributed by atoms with E-state index in [4.69, 9.17) is 9.47 Å². The molecule has 1 heterocycles. The Kier molecular flexibility index (Phi) is 7.03. The van der Waals surface area contributed by atoms with E-state index in [1.165, 1.54) is 25.7 Å². The molecule has 1 N–H and O–H groups in total. The summed E-state index contributed by atoms with van der Waals surface area (Å²) in [5, 5.41) is 3.12. The maximum absolute atomic E-state index is 12.3. The molecular formula is C19H30N2O3. The zero-order valence-electron chi connectivity index (χ0n) is 15.1. The lowest BCUT2D eigenvalue weighted by Crippen LogP contribution is -2.34. The van der Waals surface area contributed by atoms with Crippen LogP contribution in [-0.4, -0.2) is 35.7 Å². The average Bonchev–Trinajstić information content (AvgIpc) is 2.80. The minimum Gasteiger partial charge on any atom is -0.475 e. The fourth-order valence-electron chi connectivity index (χ4n) is 2.79. The molecule has 0 aliphatic heterocycles. The smallest absolute Gasteiger partial charge is 0.253 e. The Morgan fingerprint density at radius 1 is 1.17 bits per heavy atom. The molecule has 1 aliphatic carbocycles. The summed E-state index contributed by atoms with van der Waals surface area (Å²) in [6.45, 7) is 6.97. The maximum Gasteiger partial charge on any atom is 0.253 e. The van der Waals surface area contributed by atoms with Gasteiger partial charge in [-0.05, 0) is 39.7 Å². The summed E-state index contributed by atoms with van der Waals surface area (Å²) in [5.74, 6) is 0.468. The number of carbonyl (C=O) groups excluding carboxylic acids is 1. The molecule has 0 atom stereocenters. The van der Waals surface area contributed by atoms with Gasteiger partial charge in [0.1, 0.15) is 6.61 Å². The van der Waals surface area contributed by atoms with Crippen molar-refractivity contribution in [2.45, 2.75) is 70.9 Å². The SMILES string of the molecule is CC(C)(C)OCCOc1ccc(C(=O)NC2CCCCCC2)cn1. The highest BCUT2D eigenvalue weighted by atomic mass is 16.5. The Bertz CT molecular complexity index is 500. The van der Waals surface area contributed by atoms with Crippen LogP contribution in [0.15, 0.2) is 18.3 Å². The molecule has 1 aromatic rings. The van der Waals surface area contributed by atoms with E-state index in [2.05, 4.69) is 10.3 Å². The van der Waals surface area contributed by atoms with Gasteiger partial charge in [0.15, 0.2) is 0 Å². The number of amides is 1. The van der Waals surface area contributed by atoms with Crippen molar-refractivity contribution in [1.29, 1.82) is 0 Å². The molecule has 134 valence electrons. The Labute approximate surface area is 145 Å². The first kappa shape index (κ1) is 18.7. The molecule has 0 aromatic carbocycles. The van der Waals surface area contributed by atoms with Crippen LogP contribution >= 0.6 is 0 Å². The minimum absolute atomic E-state index is 0.0444. The second-order valence-electron chi connectivity index (χ2n) is 7.36. The summed E-state index contributed by atoms with van der Waals surface area (Å²) >= 11 is 0. The van der Waals surface area contributed by atoms with Crippen molar-refractivity contribution in [3.63, 3.8) is 0 Å². The number of carbonyl (C=O) groups is 1. The first-order valence-electron chi connectivity index (χ1n) is 8.98. The predicted octanol–water partition coefficient (Wildman–Crippen LogP) is 3.73. The number of ether oxygens (including phenoxy) is 2. The van der Waals surface area contributed by atoms with Crippen LogP contribution in [0.4, 0.5) is 0 Å². The van der Waals surface area contributed by atoms with Gasteiger partial charge in [0.05, 0.1) is 17.8 Å².